The third kappa shape index (κ3) is 4.79. The molecule has 0 radical (unpaired) electrons. The summed E-state index contributed by atoms with van der Waals surface area (Å²) in [7, 11) is 1.52. The summed E-state index contributed by atoms with van der Waals surface area (Å²) < 4.78 is 44.6. The first-order valence-electron chi connectivity index (χ1n) is 8.95. The van der Waals surface area contributed by atoms with E-state index in [2.05, 4.69) is 5.32 Å². The normalized spacial score (nSPS) is 14.5. The number of carbonyl (C=O) groups excluding carboxylic acids is 2. The van der Waals surface area contributed by atoms with Gasteiger partial charge in [0.2, 0.25) is 0 Å². The Balaban J connectivity index is 1.62. The van der Waals surface area contributed by atoms with E-state index in [-0.39, 0.29) is 37.8 Å². The van der Waals surface area contributed by atoms with Crippen LogP contribution in [0.2, 0.25) is 0 Å². The number of anilines is 1. The van der Waals surface area contributed by atoms with E-state index in [0.717, 1.165) is 6.07 Å². The maximum atomic E-state index is 13.2. The van der Waals surface area contributed by atoms with Gasteiger partial charge in [-0.3, -0.25) is 4.79 Å². The average Bonchev–Trinajstić information content (AvgIpc) is 2.73. The molecule has 1 fully saturated rings. The van der Waals surface area contributed by atoms with E-state index in [0.29, 0.717) is 11.4 Å². The Kier molecular flexibility index (Phi) is 5.95. The number of urea groups is 1. The number of hydrogen-bond acceptors (Lipinski definition) is 3. The first-order chi connectivity index (χ1) is 13.8. The first kappa shape index (κ1) is 20.5. The highest BCUT2D eigenvalue weighted by molar-refractivity contribution is 5.96. The van der Waals surface area contributed by atoms with Gasteiger partial charge in [0.1, 0.15) is 5.75 Å². The van der Waals surface area contributed by atoms with Gasteiger partial charge in [-0.1, -0.05) is 18.2 Å². The third-order valence-electron chi connectivity index (χ3n) is 4.64. The van der Waals surface area contributed by atoms with Crippen molar-refractivity contribution < 1.29 is 27.5 Å². The summed E-state index contributed by atoms with van der Waals surface area (Å²) >= 11 is 0. The molecule has 0 aliphatic carbocycles. The summed E-state index contributed by atoms with van der Waals surface area (Å²) in [5.41, 5.74) is -0.774. The van der Waals surface area contributed by atoms with Crippen LogP contribution >= 0.6 is 0 Å². The number of nitrogens with one attached hydrogen (secondary N) is 1. The molecule has 0 atom stereocenters. The molecule has 0 bridgehead atoms. The molecule has 1 saturated heterocycles. The smallest absolute Gasteiger partial charge is 0.417 e. The summed E-state index contributed by atoms with van der Waals surface area (Å²) in [4.78, 5) is 27.9. The van der Waals surface area contributed by atoms with Gasteiger partial charge in [0.05, 0.1) is 18.2 Å². The highest BCUT2D eigenvalue weighted by atomic mass is 19.4. The number of alkyl halides is 3. The molecule has 1 N–H and O–H groups in total. The zero-order valence-corrected chi connectivity index (χ0v) is 15.7. The number of carbonyl (C=O) groups is 2. The number of benzene rings is 2. The lowest BCUT2D eigenvalue weighted by molar-refractivity contribution is -0.138. The van der Waals surface area contributed by atoms with Gasteiger partial charge in [-0.25, -0.2) is 4.79 Å². The largest absolute Gasteiger partial charge is 0.497 e. The van der Waals surface area contributed by atoms with E-state index >= 15 is 0 Å². The predicted octanol–water partition coefficient (Wildman–Crippen LogP) is 3.70. The van der Waals surface area contributed by atoms with Gasteiger partial charge in [-0.05, 0) is 24.3 Å². The Hall–Kier alpha value is -3.23. The Morgan fingerprint density at radius 1 is 0.966 bits per heavy atom. The first-order valence-corrected chi connectivity index (χ1v) is 8.95. The minimum atomic E-state index is -4.61. The third-order valence-corrected chi connectivity index (χ3v) is 4.64. The minimum Gasteiger partial charge on any atom is -0.497 e. The second-order valence-corrected chi connectivity index (χ2v) is 6.48. The SMILES string of the molecule is COc1cccc(NC(=O)N2CCN(C(=O)c3ccccc3C(F)(F)F)CC2)c1. The number of hydrogen-bond donors (Lipinski definition) is 1. The van der Waals surface area contributed by atoms with Crippen LogP contribution in [0.15, 0.2) is 48.5 Å². The molecule has 3 amide bonds. The topological polar surface area (TPSA) is 61.9 Å². The van der Waals surface area contributed by atoms with Crippen LogP contribution in [-0.2, 0) is 6.18 Å². The fraction of sp³-hybridized carbons (Fsp3) is 0.300. The second kappa shape index (κ2) is 8.42. The molecule has 1 heterocycles. The number of rotatable bonds is 3. The van der Waals surface area contributed by atoms with Crippen molar-refractivity contribution in [1.29, 1.82) is 0 Å². The molecular formula is C20H20F3N3O3. The summed E-state index contributed by atoms with van der Waals surface area (Å²) in [6.07, 6.45) is -4.61. The van der Waals surface area contributed by atoms with E-state index < -0.39 is 17.6 Å². The number of methoxy groups -OCH3 is 1. The molecule has 0 saturated carbocycles. The van der Waals surface area contributed by atoms with Crippen LogP contribution in [0.4, 0.5) is 23.7 Å². The molecule has 6 nitrogen and oxygen atoms in total. The molecule has 29 heavy (non-hydrogen) atoms. The molecule has 2 aromatic rings. The maximum Gasteiger partial charge on any atom is 0.417 e. The highest BCUT2D eigenvalue weighted by Gasteiger charge is 2.36. The van der Waals surface area contributed by atoms with Crippen molar-refractivity contribution in [3.05, 3.63) is 59.7 Å². The lowest BCUT2D eigenvalue weighted by Gasteiger charge is -2.35. The minimum absolute atomic E-state index is 0.149. The van der Waals surface area contributed by atoms with Crippen LogP contribution < -0.4 is 10.1 Å². The molecule has 1 aliphatic heterocycles. The summed E-state index contributed by atoms with van der Waals surface area (Å²) in [6, 6.07) is 11.3. The lowest BCUT2D eigenvalue weighted by atomic mass is 10.1. The van der Waals surface area contributed by atoms with Crippen molar-refractivity contribution in [2.24, 2.45) is 0 Å². The van der Waals surface area contributed by atoms with Crippen molar-refractivity contribution in [3.63, 3.8) is 0 Å². The van der Waals surface area contributed by atoms with E-state index in [1.165, 1.54) is 35.1 Å². The molecule has 1 aliphatic rings. The van der Waals surface area contributed by atoms with Crippen LogP contribution in [0.3, 0.4) is 0 Å². The van der Waals surface area contributed by atoms with Crippen molar-refractivity contribution in [2.75, 3.05) is 38.6 Å². The van der Waals surface area contributed by atoms with Gasteiger partial charge in [0.25, 0.3) is 5.91 Å². The summed E-state index contributed by atoms with van der Waals surface area (Å²) in [6.45, 7) is 0.735. The van der Waals surface area contributed by atoms with Crippen LogP contribution in [0.25, 0.3) is 0 Å². The molecule has 2 aromatic carbocycles. The molecule has 3 rings (SSSR count). The fourth-order valence-corrected chi connectivity index (χ4v) is 3.10. The summed E-state index contributed by atoms with van der Waals surface area (Å²) in [5.74, 6) is -0.0904. The number of piperazine rings is 1. The van der Waals surface area contributed by atoms with E-state index in [1.54, 1.807) is 24.3 Å². The van der Waals surface area contributed by atoms with Crippen molar-refractivity contribution in [3.8, 4) is 5.75 Å². The molecule has 9 heteroatoms. The van der Waals surface area contributed by atoms with Gasteiger partial charge in [0.15, 0.2) is 0 Å². The number of nitrogens with zero attached hydrogens (tertiary/aromatic N) is 2. The van der Waals surface area contributed by atoms with Crippen molar-refractivity contribution in [1.82, 2.24) is 9.80 Å². The van der Waals surface area contributed by atoms with Gasteiger partial charge in [-0.2, -0.15) is 13.2 Å². The van der Waals surface area contributed by atoms with E-state index in [4.69, 9.17) is 4.74 Å². The molecule has 0 unspecified atom stereocenters. The Labute approximate surface area is 165 Å². The van der Waals surface area contributed by atoms with Crippen LogP contribution in [0.5, 0.6) is 5.75 Å². The van der Waals surface area contributed by atoms with Gasteiger partial charge in [-0.15, -0.1) is 0 Å². The van der Waals surface area contributed by atoms with Crippen LogP contribution in [0.1, 0.15) is 15.9 Å². The van der Waals surface area contributed by atoms with Gasteiger partial charge >= 0.3 is 12.2 Å². The van der Waals surface area contributed by atoms with E-state index in [1.807, 2.05) is 0 Å². The quantitative estimate of drug-likeness (QED) is 0.844. The maximum absolute atomic E-state index is 13.2. The number of ether oxygens (including phenoxy) is 1. The number of amides is 3. The van der Waals surface area contributed by atoms with E-state index in [9.17, 15) is 22.8 Å². The Bertz CT molecular complexity index is 894. The highest BCUT2D eigenvalue weighted by Crippen LogP contribution is 2.32. The molecule has 0 spiro atoms. The second-order valence-electron chi connectivity index (χ2n) is 6.48. The molecule has 154 valence electrons. The van der Waals surface area contributed by atoms with Crippen LogP contribution in [-0.4, -0.2) is 55.0 Å². The number of halogens is 3. The average molecular weight is 407 g/mol. The molecular weight excluding hydrogens is 387 g/mol. The standard InChI is InChI=1S/C20H20F3N3O3/c1-29-15-6-4-5-14(13-15)24-19(28)26-11-9-25(10-12-26)18(27)16-7-2-3-8-17(16)20(21,22)23/h2-8,13H,9-12H2,1H3,(H,24,28). The predicted molar refractivity (Wildman–Crippen MR) is 101 cm³/mol. The monoisotopic (exact) mass is 407 g/mol. The zero-order valence-electron chi connectivity index (χ0n) is 15.7. The van der Waals surface area contributed by atoms with Gasteiger partial charge in [0, 0.05) is 37.9 Å². The zero-order chi connectivity index (χ0) is 21.0. The Morgan fingerprint density at radius 3 is 2.28 bits per heavy atom. The van der Waals surface area contributed by atoms with Crippen molar-refractivity contribution in [2.45, 2.75) is 6.18 Å². The van der Waals surface area contributed by atoms with Gasteiger partial charge < -0.3 is 19.9 Å². The molecule has 0 aromatic heterocycles. The van der Waals surface area contributed by atoms with Crippen molar-refractivity contribution >= 4 is 17.6 Å². The fourth-order valence-electron chi connectivity index (χ4n) is 3.10. The Morgan fingerprint density at radius 2 is 1.62 bits per heavy atom. The summed E-state index contributed by atoms with van der Waals surface area (Å²) in [5, 5.41) is 2.75. The lowest BCUT2D eigenvalue weighted by Crippen LogP contribution is -2.51. The van der Waals surface area contributed by atoms with Crippen LogP contribution in [0, 0.1) is 0 Å².